The van der Waals surface area contributed by atoms with Crippen LogP contribution in [0.25, 0.3) is 0 Å². The number of halogens is 3. The molecule has 3 N–H and O–H groups in total. The van der Waals surface area contributed by atoms with Crippen LogP contribution in [0.15, 0.2) is 0 Å². The normalized spacial score (nSPS) is 16.3. The standard InChI is InChI=1S/C14H25F3N2O3/c1-7(2)6-8(12(21)22-5)19-11(20)9(18)10(15)14(3,4)13(16)17/h7-10,13H,6,18H2,1-5H3,(H,19,20). The molecule has 1 amide bonds. The second-order valence-corrected chi connectivity index (χ2v) is 6.26. The number of hydrogen-bond donors (Lipinski definition) is 2. The van der Waals surface area contributed by atoms with Crippen LogP contribution in [0.5, 0.6) is 0 Å². The molecular weight excluding hydrogens is 301 g/mol. The van der Waals surface area contributed by atoms with Crippen LogP contribution < -0.4 is 11.1 Å². The lowest BCUT2D eigenvalue weighted by molar-refractivity contribution is -0.146. The van der Waals surface area contributed by atoms with E-state index in [0.717, 1.165) is 21.0 Å². The Bertz CT molecular complexity index is 390. The van der Waals surface area contributed by atoms with Crippen molar-refractivity contribution in [2.24, 2.45) is 17.1 Å². The Hall–Kier alpha value is -1.31. The van der Waals surface area contributed by atoms with E-state index >= 15 is 0 Å². The van der Waals surface area contributed by atoms with Crippen LogP contribution in [0, 0.1) is 11.3 Å². The van der Waals surface area contributed by atoms with Crippen molar-refractivity contribution in [1.29, 1.82) is 0 Å². The average Bonchev–Trinajstić information content (AvgIpc) is 2.42. The van der Waals surface area contributed by atoms with Gasteiger partial charge in [-0.25, -0.2) is 18.0 Å². The summed E-state index contributed by atoms with van der Waals surface area (Å²) in [4.78, 5) is 23.5. The van der Waals surface area contributed by atoms with E-state index in [9.17, 15) is 22.8 Å². The van der Waals surface area contributed by atoms with Crippen LogP contribution in [0.2, 0.25) is 0 Å². The van der Waals surface area contributed by atoms with Gasteiger partial charge in [-0.1, -0.05) is 27.7 Å². The van der Waals surface area contributed by atoms with Crippen LogP contribution in [-0.4, -0.2) is 43.7 Å². The highest BCUT2D eigenvalue weighted by Gasteiger charge is 2.44. The number of esters is 1. The summed E-state index contributed by atoms with van der Waals surface area (Å²) in [6.45, 7) is 5.61. The topological polar surface area (TPSA) is 81.4 Å². The van der Waals surface area contributed by atoms with E-state index in [2.05, 4.69) is 10.1 Å². The van der Waals surface area contributed by atoms with E-state index in [4.69, 9.17) is 5.73 Å². The highest BCUT2D eigenvalue weighted by Crippen LogP contribution is 2.32. The molecule has 0 saturated heterocycles. The maximum Gasteiger partial charge on any atom is 0.328 e. The molecule has 0 bridgehead atoms. The first-order valence-electron chi connectivity index (χ1n) is 7.01. The molecule has 0 fully saturated rings. The maximum absolute atomic E-state index is 14.1. The zero-order chi connectivity index (χ0) is 17.7. The van der Waals surface area contributed by atoms with Gasteiger partial charge in [0.2, 0.25) is 12.3 Å². The number of carbonyl (C=O) groups excluding carboxylic acids is 2. The molecule has 0 aromatic carbocycles. The minimum Gasteiger partial charge on any atom is -0.467 e. The number of hydrogen-bond acceptors (Lipinski definition) is 4. The van der Waals surface area contributed by atoms with Gasteiger partial charge in [-0.3, -0.25) is 4.79 Å². The molecule has 8 heteroatoms. The number of methoxy groups -OCH3 is 1. The molecule has 0 aliphatic rings. The highest BCUT2D eigenvalue weighted by molar-refractivity contribution is 5.87. The van der Waals surface area contributed by atoms with Gasteiger partial charge in [-0.05, 0) is 12.3 Å². The second kappa shape index (κ2) is 8.36. The van der Waals surface area contributed by atoms with Gasteiger partial charge in [0.05, 0.1) is 12.5 Å². The second-order valence-electron chi connectivity index (χ2n) is 6.26. The number of ether oxygens (including phenoxy) is 1. The largest absolute Gasteiger partial charge is 0.467 e. The van der Waals surface area contributed by atoms with E-state index in [1.165, 1.54) is 0 Å². The predicted molar refractivity (Wildman–Crippen MR) is 76.1 cm³/mol. The van der Waals surface area contributed by atoms with E-state index < -0.39 is 42.0 Å². The zero-order valence-electron chi connectivity index (χ0n) is 13.5. The van der Waals surface area contributed by atoms with Crippen LogP contribution in [0.3, 0.4) is 0 Å². The van der Waals surface area contributed by atoms with Crippen molar-refractivity contribution < 1.29 is 27.5 Å². The van der Waals surface area contributed by atoms with Crippen molar-refractivity contribution in [2.45, 2.75) is 58.8 Å². The fourth-order valence-corrected chi connectivity index (χ4v) is 1.81. The van der Waals surface area contributed by atoms with Gasteiger partial charge in [-0.2, -0.15) is 0 Å². The summed E-state index contributed by atoms with van der Waals surface area (Å²) < 4.78 is 44.2. The van der Waals surface area contributed by atoms with Crippen molar-refractivity contribution in [3.8, 4) is 0 Å². The Morgan fingerprint density at radius 1 is 1.23 bits per heavy atom. The minimum absolute atomic E-state index is 0.0549. The van der Waals surface area contributed by atoms with Gasteiger partial charge in [0.25, 0.3) is 0 Å². The molecule has 0 rings (SSSR count). The summed E-state index contributed by atoms with van der Waals surface area (Å²) in [6.07, 6.45) is -4.97. The highest BCUT2D eigenvalue weighted by atomic mass is 19.3. The predicted octanol–water partition coefficient (Wildman–Crippen LogP) is 1.65. The Kier molecular flexibility index (Phi) is 7.86. The molecule has 22 heavy (non-hydrogen) atoms. The van der Waals surface area contributed by atoms with Crippen molar-refractivity contribution >= 4 is 11.9 Å². The number of nitrogens with one attached hydrogen (secondary N) is 1. The molecule has 0 aliphatic heterocycles. The monoisotopic (exact) mass is 326 g/mol. The minimum atomic E-state index is -2.98. The van der Waals surface area contributed by atoms with Crippen LogP contribution in [0.4, 0.5) is 13.2 Å². The number of nitrogens with two attached hydrogens (primary N) is 1. The molecule has 0 radical (unpaired) electrons. The lowest BCUT2D eigenvalue weighted by Gasteiger charge is -2.31. The third kappa shape index (κ3) is 5.47. The third-order valence-corrected chi connectivity index (χ3v) is 3.40. The Labute approximate surface area is 128 Å². The van der Waals surface area contributed by atoms with E-state index in [1.54, 1.807) is 0 Å². The number of amides is 1. The first-order chi connectivity index (χ1) is 9.94. The first kappa shape index (κ1) is 20.7. The first-order valence-corrected chi connectivity index (χ1v) is 7.01. The van der Waals surface area contributed by atoms with Crippen molar-refractivity contribution in [1.82, 2.24) is 5.32 Å². The molecular formula is C14H25F3N2O3. The fraction of sp³-hybridized carbons (Fsp3) is 0.857. The number of alkyl halides is 3. The Balaban J connectivity index is 4.96. The van der Waals surface area contributed by atoms with Crippen LogP contribution in [0.1, 0.15) is 34.1 Å². The Morgan fingerprint density at radius 2 is 1.73 bits per heavy atom. The summed E-state index contributed by atoms with van der Waals surface area (Å²) in [7, 11) is 1.15. The quantitative estimate of drug-likeness (QED) is 0.665. The van der Waals surface area contributed by atoms with Crippen molar-refractivity contribution in [3.63, 3.8) is 0 Å². The molecule has 3 unspecified atom stereocenters. The molecule has 0 aromatic rings. The van der Waals surface area contributed by atoms with Gasteiger partial charge in [0.1, 0.15) is 18.3 Å². The van der Waals surface area contributed by atoms with E-state index in [1.807, 2.05) is 13.8 Å². The maximum atomic E-state index is 14.1. The molecule has 0 saturated carbocycles. The van der Waals surface area contributed by atoms with Gasteiger partial charge < -0.3 is 15.8 Å². The lowest BCUT2D eigenvalue weighted by Crippen LogP contribution is -2.56. The summed E-state index contributed by atoms with van der Waals surface area (Å²) in [6, 6.07) is -2.80. The summed E-state index contributed by atoms with van der Waals surface area (Å²) >= 11 is 0. The lowest BCUT2D eigenvalue weighted by atomic mass is 9.84. The number of rotatable bonds is 8. The Morgan fingerprint density at radius 3 is 2.09 bits per heavy atom. The van der Waals surface area contributed by atoms with Crippen molar-refractivity contribution in [3.05, 3.63) is 0 Å². The summed E-state index contributed by atoms with van der Waals surface area (Å²) in [5.41, 5.74) is 3.36. The summed E-state index contributed by atoms with van der Waals surface area (Å²) in [5.74, 6) is -1.64. The fourth-order valence-electron chi connectivity index (χ4n) is 1.81. The smallest absolute Gasteiger partial charge is 0.328 e. The average molecular weight is 326 g/mol. The van der Waals surface area contributed by atoms with Gasteiger partial charge in [-0.15, -0.1) is 0 Å². The summed E-state index contributed by atoms with van der Waals surface area (Å²) in [5, 5.41) is 2.27. The zero-order valence-corrected chi connectivity index (χ0v) is 13.5. The molecule has 0 aromatic heterocycles. The van der Waals surface area contributed by atoms with Crippen LogP contribution in [-0.2, 0) is 14.3 Å². The molecule has 0 aliphatic carbocycles. The molecule has 0 heterocycles. The molecule has 5 nitrogen and oxygen atoms in total. The van der Waals surface area contributed by atoms with Gasteiger partial charge in [0, 0.05) is 0 Å². The van der Waals surface area contributed by atoms with E-state index in [0.29, 0.717) is 0 Å². The molecule has 0 spiro atoms. The molecule has 130 valence electrons. The van der Waals surface area contributed by atoms with Gasteiger partial charge >= 0.3 is 5.97 Å². The molecule has 3 atom stereocenters. The van der Waals surface area contributed by atoms with Gasteiger partial charge in [0.15, 0.2) is 0 Å². The van der Waals surface area contributed by atoms with Crippen LogP contribution >= 0.6 is 0 Å². The van der Waals surface area contributed by atoms with E-state index in [-0.39, 0.29) is 12.3 Å². The number of carbonyl (C=O) groups is 2. The SMILES string of the molecule is COC(=O)C(CC(C)C)NC(=O)C(N)C(F)C(C)(C)C(F)F. The van der Waals surface area contributed by atoms with Crippen molar-refractivity contribution in [2.75, 3.05) is 7.11 Å². The third-order valence-electron chi connectivity index (χ3n) is 3.40.